The number of aromatic nitrogens is 8. The predicted molar refractivity (Wildman–Crippen MR) is 112 cm³/mol. The second-order valence-electron chi connectivity index (χ2n) is 7.04. The van der Waals surface area contributed by atoms with Crippen LogP contribution in [0, 0.1) is 0 Å². The van der Waals surface area contributed by atoms with E-state index in [0.717, 1.165) is 10.9 Å². The van der Waals surface area contributed by atoms with Crippen molar-refractivity contribution in [2.24, 2.45) is 5.73 Å². The summed E-state index contributed by atoms with van der Waals surface area (Å²) in [6.07, 6.45) is -2.91. The number of aliphatic hydroxyl groups excluding tert-OH is 3. The molecule has 5 rings (SSSR count). The van der Waals surface area contributed by atoms with E-state index in [4.69, 9.17) is 32.8 Å². The maximum Gasteiger partial charge on any atom is 0.280 e. The van der Waals surface area contributed by atoms with Crippen LogP contribution in [-0.2, 0) is 10.6 Å². The van der Waals surface area contributed by atoms with E-state index in [1.165, 1.54) is 0 Å². The minimum Gasteiger partial charge on any atom is -0.394 e. The minimum absolute atomic E-state index is 0.0106. The van der Waals surface area contributed by atoms with Crippen molar-refractivity contribution < 1.29 is 20.1 Å². The normalized spacial score (nSPS) is 24.8. The molecule has 0 aromatic carbocycles. The molecule has 4 aromatic rings. The third kappa shape index (κ3) is 3.62. The predicted octanol–water partition coefficient (Wildman–Crippen LogP) is -4.81. The number of anilines is 3. The summed E-state index contributed by atoms with van der Waals surface area (Å²) in [5.41, 5.74) is 21.5. The number of nitrogens with two attached hydrogens (primary N) is 4. The largest absolute Gasteiger partial charge is 0.394 e. The number of nitrogens with one attached hydrogen (secondary N) is 3. The molecule has 176 valence electrons. The van der Waals surface area contributed by atoms with Gasteiger partial charge in [-0.1, -0.05) is 0 Å². The van der Waals surface area contributed by atoms with Gasteiger partial charge >= 0.3 is 0 Å². The quantitative estimate of drug-likeness (QED) is 0.133. The van der Waals surface area contributed by atoms with E-state index in [2.05, 4.69) is 34.9 Å². The molecule has 0 saturated carbocycles. The Morgan fingerprint density at radius 2 is 1.64 bits per heavy atom. The lowest BCUT2D eigenvalue weighted by atomic mass is 10.1. The molecular weight excluding hydrogens is 444 g/mol. The second-order valence-corrected chi connectivity index (χ2v) is 7.04. The van der Waals surface area contributed by atoms with Gasteiger partial charge in [-0.05, 0) is 0 Å². The van der Waals surface area contributed by atoms with Crippen LogP contribution < -0.4 is 34.1 Å². The number of H-pyrrole nitrogens is 3. The van der Waals surface area contributed by atoms with Gasteiger partial charge in [-0.3, -0.25) is 29.9 Å². The van der Waals surface area contributed by atoms with Crippen LogP contribution in [0.15, 0.2) is 15.9 Å². The Labute approximate surface area is 181 Å². The zero-order valence-electron chi connectivity index (χ0n) is 16.6. The van der Waals surface area contributed by atoms with Crippen molar-refractivity contribution in [1.29, 1.82) is 0 Å². The first-order chi connectivity index (χ1) is 15.5. The molecule has 5 heterocycles. The Bertz CT molecular complexity index is 1440. The molecule has 33 heavy (non-hydrogen) atoms. The van der Waals surface area contributed by atoms with E-state index in [0.29, 0.717) is 0 Å². The van der Waals surface area contributed by atoms with Crippen LogP contribution in [0.4, 0.5) is 17.8 Å². The number of rotatable bonds is 2. The van der Waals surface area contributed by atoms with Gasteiger partial charge in [0.05, 0.1) is 6.61 Å². The van der Waals surface area contributed by atoms with Gasteiger partial charge in [0.2, 0.25) is 17.7 Å². The van der Waals surface area contributed by atoms with Crippen molar-refractivity contribution in [1.82, 2.24) is 39.5 Å². The van der Waals surface area contributed by atoms with Crippen LogP contribution in [0.5, 0.6) is 0 Å². The molecule has 14 N–H and O–H groups in total. The summed E-state index contributed by atoms with van der Waals surface area (Å²) in [6.45, 7) is -0.542. The smallest absolute Gasteiger partial charge is 0.280 e. The van der Waals surface area contributed by atoms with Gasteiger partial charge in [-0.2, -0.15) is 15.0 Å². The van der Waals surface area contributed by atoms with Gasteiger partial charge in [0.15, 0.2) is 28.3 Å². The maximum absolute atomic E-state index is 11.7. The summed E-state index contributed by atoms with van der Waals surface area (Å²) in [4.78, 5) is 45.2. The van der Waals surface area contributed by atoms with Gasteiger partial charge in [-0.15, -0.1) is 0 Å². The number of hydrogen-bond donors (Lipinski definition) is 10. The van der Waals surface area contributed by atoms with E-state index in [-0.39, 0.29) is 45.7 Å². The summed E-state index contributed by atoms with van der Waals surface area (Å²) in [5.74, 6) is -1.92. The molecule has 0 bridgehead atoms. The Balaban J connectivity index is 0.000000183. The Hall–Kier alpha value is -4.10. The molecule has 4 aromatic heterocycles. The number of ether oxygens (including phenoxy) is 1. The number of nitrogens with zero attached hydrogens (tertiary/aromatic N) is 5. The first-order valence-electron chi connectivity index (χ1n) is 9.23. The molecule has 18 heteroatoms. The van der Waals surface area contributed by atoms with Crippen LogP contribution in [0.25, 0.3) is 22.3 Å². The number of aromatic amines is 3. The third-order valence-corrected chi connectivity index (χ3v) is 4.85. The lowest BCUT2D eigenvalue weighted by Gasteiger charge is -2.28. The van der Waals surface area contributed by atoms with E-state index in [9.17, 15) is 19.8 Å². The standard InChI is InChI=1S/C10H14N6O5.C5H6N6O/c11-9-14-7-4(8(20)15-9)13-2-16(7)10(12)6(19)5(18)3(1-17)21-10;6-4-8-1-2(9-4)10-5(7)11-3(1)12/h2-3,5-6,17-19H,1,12H2,(H3,11,14,15,20);(H6,6,7,8,9,10,11,12)/t3-,5-,6-,10+;/m1./s1. The summed E-state index contributed by atoms with van der Waals surface area (Å²) in [6, 6.07) is 0. The number of imidazole rings is 2. The topological polar surface area (TPSA) is 312 Å². The summed E-state index contributed by atoms with van der Waals surface area (Å²) in [5, 5.41) is 29.0. The summed E-state index contributed by atoms with van der Waals surface area (Å²) in [7, 11) is 0. The maximum atomic E-state index is 11.7. The van der Waals surface area contributed by atoms with Crippen molar-refractivity contribution >= 4 is 40.2 Å². The monoisotopic (exact) mass is 464 g/mol. The fourth-order valence-corrected chi connectivity index (χ4v) is 3.30. The molecule has 0 aliphatic carbocycles. The lowest BCUT2D eigenvalue weighted by molar-refractivity contribution is -0.141. The molecule has 18 nitrogen and oxygen atoms in total. The summed E-state index contributed by atoms with van der Waals surface area (Å²) < 4.78 is 6.41. The Kier molecular flexibility index (Phi) is 5.22. The van der Waals surface area contributed by atoms with Gasteiger partial charge in [-0.25, -0.2) is 4.98 Å². The van der Waals surface area contributed by atoms with Gasteiger partial charge < -0.3 is 42.2 Å². The molecule has 1 aliphatic heterocycles. The highest BCUT2D eigenvalue weighted by molar-refractivity contribution is 5.72. The minimum atomic E-state index is -1.94. The molecule has 0 spiro atoms. The molecule has 1 aliphatic rings. The summed E-state index contributed by atoms with van der Waals surface area (Å²) >= 11 is 0. The van der Waals surface area contributed by atoms with E-state index in [1.54, 1.807) is 0 Å². The molecule has 4 atom stereocenters. The van der Waals surface area contributed by atoms with Crippen molar-refractivity contribution in [3.63, 3.8) is 0 Å². The fraction of sp³-hybridized carbons (Fsp3) is 0.333. The van der Waals surface area contributed by atoms with Crippen molar-refractivity contribution in [2.45, 2.75) is 24.2 Å². The zero-order valence-corrected chi connectivity index (χ0v) is 16.6. The number of aliphatic hydroxyl groups is 3. The number of hydrogen-bond acceptors (Lipinski definition) is 14. The van der Waals surface area contributed by atoms with E-state index < -0.39 is 36.3 Å². The molecular formula is C15H20N12O6. The van der Waals surface area contributed by atoms with Crippen LogP contribution in [-0.4, -0.2) is 79.7 Å². The highest BCUT2D eigenvalue weighted by atomic mass is 16.6. The third-order valence-electron chi connectivity index (χ3n) is 4.85. The van der Waals surface area contributed by atoms with Gasteiger partial charge in [0.25, 0.3) is 11.1 Å². The van der Waals surface area contributed by atoms with Gasteiger partial charge in [0, 0.05) is 0 Å². The molecule has 0 unspecified atom stereocenters. The molecule has 1 saturated heterocycles. The average Bonchev–Trinajstić information content (AvgIpc) is 3.40. The van der Waals surface area contributed by atoms with Crippen LogP contribution in [0.2, 0.25) is 0 Å². The molecule has 0 radical (unpaired) electrons. The van der Waals surface area contributed by atoms with Crippen LogP contribution >= 0.6 is 0 Å². The molecule has 1 fully saturated rings. The number of fused-ring (bicyclic) bond motifs is 2. The van der Waals surface area contributed by atoms with Crippen molar-refractivity contribution in [2.75, 3.05) is 23.8 Å². The second kappa shape index (κ2) is 7.79. The fourth-order valence-electron chi connectivity index (χ4n) is 3.30. The average molecular weight is 464 g/mol. The lowest BCUT2D eigenvalue weighted by Crippen LogP contribution is -2.52. The van der Waals surface area contributed by atoms with E-state index in [1.807, 2.05) is 0 Å². The highest BCUT2D eigenvalue weighted by Crippen LogP contribution is 2.32. The van der Waals surface area contributed by atoms with Crippen molar-refractivity contribution in [3.8, 4) is 0 Å². The zero-order chi connectivity index (χ0) is 24.1. The first kappa shape index (κ1) is 22.1. The Morgan fingerprint density at radius 1 is 1.03 bits per heavy atom. The molecule has 0 amide bonds. The van der Waals surface area contributed by atoms with Crippen molar-refractivity contribution in [3.05, 3.63) is 27.0 Å². The SMILES string of the molecule is Nc1nc2c(ncn2[C@]2(N)O[C@H](CO)[C@@H](O)[C@H]2O)c(=O)[nH]1.Nc1nc2nc(N)[nH]c2c(=O)[nH]1. The highest BCUT2D eigenvalue weighted by Gasteiger charge is 2.54. The Morgan fingerprint density at radius 3 is 2.27 bits per heavy atom. The first-order valence-corrected chi connectivity index (χ1v) is 9.23. The van der Waals surface area contributed by atoms with E-state index >= 15 is 0 Å². The van der Waals surface area contributed by atoms with Crippen LogP contribution in [0.1, 0.15) is 0 Å². The van der Waals surface area contributed by atoms with Gasteiger partial charge in [0.1, 0.15) is 24.6 Å². The number of nitrogen functional groups attached to an aromatic ring is 3. The van der Waals surface area contributed by atoms with Crippen LogP contribution in [0.3, 0.4) is 0 Å².